The number of nitrogens with one attached hydrogen (secondary N) is 1. The molecule has 3 rings (SSSR count). The molecule has 4 heteroatoms. The Balaban J connectivity index is 2.40. The molecule has 2 aromatic heterocycles. The fourth-order valence-corrected chi connectivity index (χ4v) is 2.32. The van der Waals surface area contributed by atoms with Crippen molar-refractivity contribution in [3.8, 4) is 0 Å². The van der Waals surface area contributed by atoms with E-state index in [9.17, 15) is 4.79 Å². The number of hydrogen-bond acceptors (Lipinski definition) is 3. The van der Waals surface area contributed by atoms with Crippen LogP contribution >= 0.6 is 0 Å². The van der Waals surface area contributed by atoms with E-state index >= 15 is 0 Å². The maximum Gasteiger partial charge on any atom is 0.275 e. The van der Waals surface area contributed by atoms with E-state index in [1.807, 2.05) is 0 Å². The lowest BCUT2D eigenvalue weighted by Crippen LogP contribution is -2.24. The van der Waals surface area contributed by atoms with Crippen LogP contribution in [0.4, 0.5) is 0 Å². The highest BCUT2D eigenvalue weighted by molar-refractivity contribution is 5.86. The third-order valence-electron chi connectivity index (χ3n) is 2.98. The first-order chi connectivity index (χ1) is 7.07. The lowest BCUT2D eigenvalue weighted by molar-refractivity contribution is 0.316. The average Bonchev–Trinajstić information content (AvgIpc) is 2.54. The van der Waals surface area contributed by atoms with Gasteiger partial charge in [-0.3, -0.25) is 4.79 Å². The van der Waals surface area contributed by atoms with Crippen molar-refractivity contribution in [1.29, 1.82) is 0 Å². The molecule has 78 valence electrons. The van der Waals surface area contributed by atoms with Gasteiger partial charge in [-0.25, -0.2) is 5.10 Å². The number of aromatic amines is 1. The lowest BCUT2D eigenvalue weighted by atomic mass is 9.78. The molecule has 0 aliphatic heterocycles. The zero-order valence-electron chi connectivity index (χ0n) is 8.76. The molecule has 2 heterocycles. The Kier molecular flexibility index (Phi) is 1.45. The summed E-state index contributed by atoms with van der Waals surface area (Å²) in [6, 6.07) is 0. The Morgan fingerprint density at radius 3 is 3.07 bits per heavy atom. The molecule has 0 bridgehead atoms. The molecular formula is C11H12N2O2. The predicted molar refractivity (Wildman–Crippen MR) is 55.8 cm³/mol. The quantitative estimate of drug-likeness (QED) is 0.709. The number of hydrogen-bond donors (Lipinski definition) is 1. The molecule has 15 heavy (non-hydrogen) atoms. The van der Waals surface area contributed by atoms with Crippen LogP contribution in [0.5, 0.6) is 0 Å². The summed E-state index contributed by atoms with van der Waals surface area (Å²) in [5.41, 5.74) is 0.941. The van der Waals surface area contributed by atoms with Gasteiger partial charge in [0.05, 0.1) is 16.5 Å². The van der Waals surface area contributed by atoms with Gasteiger partial charge in [-0.2, -0.15) is 5.10 Å². The van der Waals surface area contributed by atoms with Gasteiger partial charge in [0.2, 0.25) is 0 Å². The first-order valence-electron chi connectivity index (χ1n) is 5.04. The van der Waals surface area contributed by atoms with Gasteiger partial charge < -0.3 is 4.42 Å². The normalized spacial score (nSPS) is 18.3. The summed E-state index contributed by atoms with van der Waals surface area (Å²) in [4.78, 5) is 11.5. The van der Waals surface area contributed by atoms with Crippen LogP contribution in [0.15, 0.2) is 15.5 Å². The highest BCUT2D eigenvalue weighted by Gasteiger charge is 2.30. The lowest BCUT2D eigenvalue weighted by Gasteiger charge is -2.27. The van der Waals surface area contributed by atoms with E-state index < -0.39 is 0 Å². The van der Waals surface area contributed by atoms with Gasteiger partial charge >= 0.3 is 0 Å². The smallest absolute Gasteiger partial charge is 0.275 e. The fourth-order valence-electron chi connectivity index (χ4n) is 2.32. The minimum absolute atomic E-state index is 0.156. The summed E-state index contributed by atoms with van der Waals surface area (Å²) >= 11 is 0. The molecule has 0 atom stereocenters. The number of furan rings is 1. The van der Waals surface area contributed by atoms with Gasteiger partial charge in [-0.1, -0.05) is 13.8 Å². The molecule has 0 saturated heterocycles. The van der Waals surface area contributed by atoms with Crippen LogP contribution < -0.4 is 5.56 Å². The zero-order valence-corrected chi connectivity index (χ0v) is 8.76. The van der Waals surface area contributed by atoms with Crippen molar-refractivity contribution >= 4 is 10.8 Å². The second-order valence-electron chi connectivity index (χ2n) is 4.96. The van der Waals surface area contributed by atoms with Crippen LogP contribution in [0, 0.1) is 5.41 Å². The van der Waals surface area contributed by atoms with Crippen molar-refractivity contribution < 1.29 is 4.42 Å². The zero-order chi connectivity index (χ0) is 10.6. The van der Waals surface area contributed by atoms with E-state index in [-0.39, 0.29) is 11.0 Å². The van der Waals surface area contributed by atoms with Crippen LogP contribution in [0.25, 0.3) is 10.8 Å². The maximum absolute atomic E-state index is 11.5. The molecule has 2 aromatic rings. The van der Waals surface area contributed by atoms with Crippen LogP contribution in [0.1, 0.15) is 25.3 Å². The van der Waals surface area contributed by atoms with Crippen molar-refractivity contribution in [2.75, 3.05) is 0 Å². The Hall–Kier alpha value is -1.58. The van der Waals surface area contributed by atoms with Gasteiger partial charge in [0.15, 0.2) is 0 Å². The predicted octanol–water partition coefficient (Wildman–Crippen LogP) is 1.64. The highest BCUT2D eigenvalue weighted by atomic mass is 16.3. The molecule has 0 radical (unpaired) electrons. The summed E-state index contributed by atoms with van der Waals surface area (Å²) in [5.74, 6) is 0.898. The summed E-state index contributed by atoms with van der Waals surface area (Å²) in [7, 11) is 0. The van der Waals surface area contributed by atoms with Gasteiger partial charge in [0, 0.05) is 6.42 Å². The highest BCUT2D eigenvalue weighted by Crippen LogP contribution is 2.36. The second kappa shape index (κ2) is 2.51. The number of aromatic nitrogens is 2. The molecule has 1 aliphatic rings. The summed E-state index contributed by atoms with van der Waals surface area (Å²) in [6.45, 7) is 4.36. The number of rotatable bonds is 0. The van der Waals surface area contributed by atoms with Crippen LogP contribution in [0.2, 0.25) is 0 Å². The molecule has 0 saturated carbocycles. The Bertz CT molecular complexity index is 592. The summed E-state index contributed by atoms with van der Waals surface area (Å²) in [6.07, 6.45) is 3.29. The van der Waals surface area contributed by atoms with Crippen molar-refractivity contribution in [2.24, 2.45) is 5.41 Å². The van der Waals surface area contributed by atoms with Gasteiger partial charge in [-0.05, 0) is 11.8 Å². The molecule has 0 spiro atoms. The Labute approximate surface area is 86.3 Å². The number of H-pyrrole nitrogens is 1. The topological polar surface area (TPSA) is 58.9 Å². The monoisotopic (exact) mass is 204 g/mol. The van der Waals surface area contributed by atoms with Crippen LogP contribution in [-0.4, -0.2) is 10.2 Å². The van der Waals surface area contributed by atoms with E-state index in [4.69, 9.17) is 4.42 Å². The first-order valence-corrected chi connectivity index (χ1v) is 5.04. The third kappa shape index (κ3) is 1.14. The van der Waals surface area contributed by atoms with E-state index in [0.29, 0.717) is 5.39 Å². The Morgan fingerprint density at radius 1 is 1.47 bits per heavy atom. The third-order valence-corrected chi connectivity index (χ3v) is 2.98. The second-order valence-corrected chi connectivity index (χ2v) is 4.96. The molecule has 1 N–H and O–H groups in total. The van der Waals surface area contributed by atoms with E-state index in [1.54, 1.807) is 0 Å². The van der Waals surface area contributed by atoms with Crippen molar-refractivity contribution in [2.45, 2.75) is 26.7 Å². The maximum atomic E-state index is 11.5. The molecule has 1 aliphatic carbocycles. The minimum Gasteiger partial charge on any atom is -0.468 e. The average molecular weight is 204 g/mol. The summed E-state index contributed by atoms with van der Waals surface area (Å²) in [5, 5.41) is 8.18. The first kappa shape index (κ1) is 8.71. The largest absolute Gasteiger partial charge is 0.468 e. The van der Waals surface area contributed by atoms with Crippen LogP contribution in [-0.2, 0) is 12.8 Å². The number of nitrogens with zero attached hydrogens (tertiary/aromatic N) is 1. The van der Waals surface area contributed by atoms with E-state index in [0.717, 1.165) is 29.7 Å². The Morgan fingerprint density at radius 2 is 2.27 bits per heavy atom. The molecule has 0 unspecified atom stereocenters. The minimum atomic E-state index is -0.163. The molecular weight excluding hydrogens is 192 g/mol. The van der Waals surface area contributed by atoms with Crippen molar-refractivity contribution in [1.82, 2.24) is 10.2 Å². The molecule has 0 aromatic carbocycles. The standard InChI is InChI=1S/C11H12N2O2/c1-11(2)3-7-9-6(10(14)13-12-7)5-15-8(9)4-11/h5H,3-4H2,1-2H3,(H,13,14). The van der Waals surface area contributed by atoms with Gasteiger partial charge in [0.25, 0.3) is 5.56 Å². The fraction of sp³-hybridized carbons (Fsp3) is 0.455. The van der Waals surface area contributed by atoms with Crippen LogP contribution in [0.3, 0.4) is 0 Å². The van der Waals surface area contributed by atoms with Gasteiger partial charge in [0.1, 0.15) is 12.0 Å². The van der Waals surface area contributed by atoms with E-state index in [1.165, 1.54) is 6.26 Å². The van der Waals surface area contributed by atoms with E-state index in [2.05, 4.69) is 24.0 Å². The molecule has 0 fully saturated rings. The summed E-state index contributed by atoms with van der Waals surface area (Å²) < 4.78 is 5.45. The van der Waals surface area contributed by atoms with Crippen molar-refractivity contribution in [3.05, 3.63) is 28.1 Å². The van der Waals surface area contributed by atoms with Gasteiger partial charge in [-0.15, -0.1) is 0 Å². The molecule has 0 amide bonds. The SMILES string of the molecule is CC1(C)Cc2n[nH]c(=O)c3coc(c23)C1. The molecule has 4 nitrogen and oxygen atoms in total. The van der Waals surface area contributed by atoms with Crippen molar-refractivity contribution in [3.63, 3.8) is 0 Å².